The molecule has 0 bridgehead atoms. The van der Waals surface area contributed by atoms with E-state index >= 15 is 0 Å². The Balaban J connectivity index is 1.18. The van der Waals surface area contributed by atoms with Crippen LogP contribution in [-0.2, 0) is 10.8 Å². The zero-order valence-electron chi connectivity index (χ0n) is 32.2. The van der Waals surface area contributed by atoms with E-state index in [4.69, 9.17) is 0 Å². The summed E-state index contributed by atoms with van der Waals surface area (Å²) < 4.78 is 2.40. The van der Waals surface area contributed by atoms with Crippen molar-refractivity contribution in [1.29, 1.82) is 0 Å². The lowest BCUT2D eigenvalue weighted by atomic mass is 9.82. The van der Waals surface area contributed by atoms with Crippen molar-refractivity contribution in [1.82, 2.24) is 4.57 Å². The Morgan fingerprint density at radius 1 is 0.375 bits per heavy atom. The Kier molecular flexibility index (Phi) is 6.98. The standard InChI is InChI=1S/C54H42N2/c1-53(2)46-25-13-9-22-43(46)52-42(23-16-26-47(52)53)40-20-10-14-27-49(40)55(37-29-31-39-38-19-8-12-24-45(38)54(3,4)48(39)34-37)36-30-32-51-44(33-36)41-21-11-15-28-50(41)56(51)35-17-6-5-7-18-35/h5-34H,1-4H3. The van der Waals surface area contributed by atoms with Gasteiger partial charge in [0, 0.05) is 44.2 Å². The first kappa shape index (κ1) is 32.8. The average molecular weight is 719 g/mol. The van der Waals surface area contributed by atoms with Crippen molar-refractivity contribution in [3.8, 4) is 39.1 Å². The van der Waals surface area contributed by atoms with Gasteiger partial charge in [-0.3, -0.25) is 0 Å². The first-order chi connectivity index (χ1) is 27.3. The fourth-order valence-electron chi connectivity index (χ4n) is 10.1. The second-order valence-electron chi connectivity index (χ2n) is 16.5. The first-order valence-electron chi connectivity index (χ1n) is 19.8. The Labute approximate surface area is 328 Å². The number of nitrogens with zero attached hydrogens (tertiary/aromatic N) is 2. The molecule has 1 aromatic heterocycles. The predicted molar refractivity (Wildman–Crippen MR) is 236 cm³/mol. The fourth-order valence-corrected chi connectivity index (χ4v) is 10.1. The van der Waals surface area contributed by atoms with Crippen molar-refractivity contribution < 1.29 is 0 Å². The maximum atomic E-state index is 2.51. The second kappa shape index (κ2) is 11.9. The molecule has 0 saturated heterocycles. The van der Waals surface area contributed by atoms with Gasteiger partial charge in [-0.15, -0.1) is 0 Å². The third kappa shape index (κ3) is 4.56. The molecule has 0 atom stereocenters. The molecule has 0 fully saturated rings. The monoisotopic (exact) mass is 718 g/mol. The number of benzene rings is 8. The van der Waals surface area contributed by atoms with Crippen LogP contribution in [0.3, 0.4) is 0 Å². The third-order valence-electron chi connectivity index (χ3n) is 12.8. The molecule has 0 amide bonds. The summed E-state index contributed by atoms with van der Waals surface area (Å²) in [6.07, 6.45) is 0. The molecule has 0 radical (unpaired) electrons. The minimum atomic E-state index is -0.129. The van der Waals surface area contributed by atoms with E-state index < -0.39 is 0 Å². The molecule has 0 aliphatic heterocycles. The van der Waals surface area contributed by atoms with E-state index in [1.807, 2.05) is 0 Å². The molecule has 0 N–H and O–H groups in total. The van der Waals surface area contributed by atoms with Crippen LogP contribution in [0.1, 0.15) is 49.9 Å². The van der Waals surface area contributed by atoms with Crippen molar-refractivity contribution in [2.45, 2.75) is 38.5 Å². The van der Waals surface area contributed by atoms with Crippen LogP contribution in [-0.4, -0.2) is 4.57 Å². The lowest BCUT2D eigenvalue weighted by Gasteiger charge is -2.30. The van der Waals surface area contributed by atoms with E-state index in [1.54, 1.807) is 0 Å². The third-order valence-corrected chi connectivity index (χ3v) is 12.8. The van der Waals surface area contributed by atoms with Crippen LogP contribution in [0.2, 0.25) is 0 Å². The van der Waals surface area contributed by atoms with Crippen molar-refractivity contribution in [2.75, 3.05) is 4.90 Å². The molecular formula is C54H42N2. The van der Waals surface area contributed by atoms with E-state index in [0.29, 0.717) is 0 Å². The zero-order valence-corrected chi connectivity index (χ0v) is 32.2. The van der Waals surface area contributed by atoms with E-state index in [2.05, 4.69) is 219 Å². The van der Waals surface area contributed by atoms with Gasteiger partial charge in [0.15, 0.2) is 0 Å². The normalized spacial score (nSPS) is 14.4. The van der Waals surface area contributed by atoms with Gasteiger partial charge in [-0.25, -0.2) is 0 Å². The summed E-state index contributed by atoms with van der Waals surface area (Å²) in [5.74, 6) is 0. The summed E-state index contributed by atoms with van der Waals surface area (Å²) in [5, 5.41) is 2.47. The highest BCUT2D eigenvalue weighted by Gasteiger charge is 2.38. The SMILES string of the molecule is CC1(C)c2ccccc2-c2ccc(N(c3ccc4c(c3)c3ccccc3n4-c3ccccc3)c3ccccc3-c3cccc4c3-c3ccccc3C4(C)C)cc21. The Morgan fingerprint density at radius 2 is 0.929 bits per heavy atom. The van der Waals surface area contributed by atoms with Gasteiger partial charge in [0.2, 0.25) is 0 Å². The molecule has 8 aromatic carbocycles. The quantitative estimate of drug-likeness (QED) is 0.172. The number of aromatic nitrogens is 1. The van der Waals surface area contributed by atoms with Crippen LogP contribution in [0, 0.1) is 0 Å². The number of fused-ring (bicyclic) bond motifs is 9. The largest absolute Gasteiger partial charge is 0.310 e. The number of anilines is 3. The fraction of sp³-hybridized carbons (Fsp3) is 0.111. The van der Waals surface area contributed by atoms with Crippen LogP contribution in [0.15, 0.2) is 182 Å². The van der Waals surface area contributed by atoms with Crippen LogP contribution in [0.25, 0.3) is 60.9 Å². The van der Waals surface area contributed by atoms with Crippen molar-refractivity contribution in [2.24, 2.45) is 0 Å². The summed E-state index contributed by atoms with van der Waals surface area (Å²) in [4.78, 5) is 2.51. The Bertz CT molecular complexity index is 3030. The van der Waals surface area contributed by atoms with Gasteiger partial charge in [0.05, 0.1) is 16.7 Å². The average Bonchev–Trinajstić information content (AvgIpc) is 3.78. The molecule has 0 unspecified atom stereocenters. The highest BCUT2D eigenvalue weighted by atomic mass is 15.1. The molecule has 2 aliphatic carbocycles. The molecule has 56 heavy (non-hydrogen) atoms. The van der Waals surface area contributed by atoms with Crippen LogP contribution in [0.5, 0.6) is 0 Å². The smallest absolute Gasteiger partial charge is 0.0542 e. The molecule has 0 spiro atoms. The van der Waals surface area contributed by atoms with Crippen LogP contribution in [0.4, 0.5) is 17.1 Å². The highest BCUT2D eigenvalue weighted by Crippen LogP contribution is 2.55. The van der Waals surface area contributed by atoms with Crippen molar-refractivity contribution >= 4 is 38.9 Å². The van der Waals surface area contributed by atoms with Gasteiger partial charge in [-0.1, -0.05) is 155 Å². The van der Waals surface area contributed by atoms with E-state index in [1.165, 1.54) is 77.4 Å². The van der Waals surface area contributed by atoms with Gasteiger partial charge in [0.1, 0.15) is 0 Å². The van der Waals surface area contributed by atoms with Gasteiger partial charge < -0.3 is 9.47 Å². The minimum Gasteiger partial charge on any atom is -0.310 e. The first-order valence-corrected chi connectivity index (χ1v) is 19.8. The molecule has 2 nitrogen and oxygen atoms in total. The molecule has 0 saturated carbocycles. The number of hydrogen-bond donors (Lipinski definition) is 0. The summed E-state index contributed by atoms with van der Waals surface area (Å²) >= 11 is 0. The highest BCUT2D eigenvalue weighted by molar-refractivity contribution is 6.11. The Morgan fingerprint density at radius 3 is 1.75 bits per heavy atom. The minimum absolute atomic E-state index is 0.0882. The van der Waals surface area contributed by atoms with Crippen LogP contribution >= 0.6 is 0 Å². The van der Waals surface area contributed by atoms with Gasteiger partial charge in [-0.05, 0) is 105 Å². The summed E-state index contributed by atoms with van der Waals surface area (Å²) in [5.41, 5.74) is 20.1. The van der Waals surface area contributed by atoms with E-state index in [-0.39, 0.29) is 10.8 Å². The molecule has 2 heteroatoms. The zero-order chi connectivity index (χ0) is 37.8. The van der Waals surface area contributed by atoms with Gasteiger partial charge >= 0.3 is 0 Å². The molecule has 9 aromatic rings. The molecule has 268 valence electrons. The Hall–Kier alpha value is -6.64. The summed E-state index contributed by atoms with van der Waals surface area (Å²) in [7, 11) is 0. The summed E-state index contributed by atoms with van der Waals surface area (Å²) in [6, 6.07) is 67.6. The molecular weight excluding hydrogens is 677 g/mol. The van der Waals surface area contributed by atoms with Crippen molar-refractivity contribution in [3.05, 3.63) is 204 Å². The number of hydrogen-bond acceptors (Lipinski definition) is 1. The maximum absolute atomic E-state index is 2.51. The second-order valence-corrected chi connectivity index (χ2v) is 16.5. The number of rotatable bonds is 5. The van der Waals surface area contributed by atoms with Crippen molar-refractivity contribution in [3.63, 3.8) is 0 Å². The van der Waals surface area contributed by atoms with Crippen LogP contribution < -0.4 is 4.90 Å². The maximum Gasteiger partial charge on any atom is 0.0542 e. The van der Waals surface area contributed by atoms with Gasteiger partial charge in [0.25, 0.3) is 0 Å². The molecule has 11 rings (SSSR count). The predicted octanol–water partition coefficient (Wildman–Crippen LogP) is 14.5. The van der Waals surface area contributed by atoms with Gasteiger partial charge in [-0.2, -0.15) is 0 Å². The summed E-state index contributed by atoms with van der Waals surface area (Å²) in [6.45, 7) is 9.48. The lowest BCUT2D eigenvalue weighted by Crippen LogP contribution is -2.17. The molecule has 1 heterocycles. The van der Waals surface area contributed by atoms with E-state index in [0.717, 1.165) is 22.7 Å². The topological polar surface area (TPSA) is 8.17 Å². The number of para-hydroxylation sites is 3. The molecule has 2 aliphatic rings. The van der Waals surface area contributed by atoms with E-state index in [9.17, 15) is 0 Å². The lowest BCUT2D eigenvalue weighted by molar-refractivity contribution is 0.660.